The summed E-state index contributed by atoms with van der Waals surface area (Å²) in [5.41, 5.74) is 8.38. The van der Waals surface area contributed by atoms with Gasteiger partial charge in [0.1, 0.15) is 0 Å². The van der Waals surface area contributed by atoms with Crippen LogP contribution < -0.4 is 10.6 Å². The number of thiazole rings is 1. The van der Waals surface area contributed by atoms with Crippen LogP contribution in [0.5, 0.6) is 0 Å². The Labute approximate surface area is 131 Å². The molecule has 2 aromatic rings. The molecule has 1 saturated carbocycles. The maximum Gasteiger partial charge on any atom is 0.185 e. The van der Waals surface area contributed by atoms with E-state index in [-0.39, 0.29) is 0 Å². The molecule has 0 unspecified atom stereocenters. The molecule has 1 aliphatic carbocycles. The molecule has 0 aliphatic heterocycles. The van der Waals surface area contributed by atoms with Crippen LogP contribution in [0.3, 0.4) is 0 Å². The topological polar surface area (TPSA) is 42.2 Å². The zero-order valence-electron chi connectivity index (χ0n) is 11.5. The summed E-state index contributed by atoms with van der Waals surface area (Å²) in [5, 5.41) is 1.08. The third-order valence-corrected chi connectivity index (χ3v) is 5.26. The van der Waals surface area contributed by atoms with Crippen LogP contribution in [-0.4, -0.2) is 12.0 Å². The third kappa shape index (κ3) is 3.05. The first-order chi connectivity index (χ1) is 9.67. The first-order valence-electron chi connectivity index (χ1n) is 6.82. The highest BCUT2D eigenvalue weighted by molar-refractivity contribution is 9.10. The van der Waals surface area contributed by atoms with E-state index in [2.05, 4.69) is 52.1 Å². The number of hydrogen-bond donors (Lipinski definition) is 1. The zero-order valence-corrected chi connectivity index (χ0v) is 13.9. The van der Waals surface area contributed by atoms with Crippen molar-refractivity contribution >= 4 is 32.4 Å². The summed E-state index contributed by atoms with van der Waals surface area (Å²) in [6.45, 7) is 1.48. The molecule has 3 nitrogen and oxygen atoms in total. The van der Waals surface area contributed by atoms with Gasteiger partial charge < -0.3 is 10.6 Å². The van der Waals surface area contributed by atoms with E-state index >= 15 is 0 Å². The van der Waals surface area contributed by atoms with Gasteiger partial charge in [0, 0.05) is 35.4 Å². The summed E-state index contributed by atoms with van der Waals surface area (Å²) in [7, 11) is 2.10. The Balaban J connectivity index is 1.76. The predicted molar refractivity (Wildman–Crippen MR) is 88.2 cm³/mol. The van der Waals surface area contributed by atoms with Gasteiger partial charge in [-0.1, -0.05) is 28.1 Å². The predicted octanol–water partition coefficient (Wildman–Crippen LogP) is 3.88. The number of halogens is 1. The molecule has 2 N–H and O–H groups in total. The van der Waals surface area contributed by atoms with Crippen molar-refractivity contribution in [3.05, 3.63) is 44.9 Å². The fraction of sp³-hybridized carbons (Fsp3) is 0.400. The van der Waals surface area contributed by atoms with Crippen LogP contribution in [0, 0.1) is 0 Å². The average Bonchev–Trinajstić information content (AvgIpc) is 3.20. The first-order valence-corrected chi connectivity index (χ1v) is 8.43. The molecular formula is C15H18BrN3S. The van der Waals surface area contributed by atoms with Crippen LogP contribution in [0.25, 0.3) is 0 Å². The summed E-state index contributed by atoms with van der Waals surface area (Å²) in [5.74, 6) is 0.666. The molecule has 0 atom stereocenters. The molecule has 0 radical (unpaired) electrons. The molecule has 0 amide bonds. The van der Waals surface area contributed by atoms with Crippen molar-refractivity contribution in [1.82, 2.24) is 4.98 Å². The molecular weight excluding hydrogens is 334 g/mol. The second kappa shape index (κ2) is 5.84. The Bertz CT molecular complexity index is 590. The SMILES string of the molecule is CN(Cc1ccc(Br)cc1)c1nc(C2CC2)c(CN)s1. The zero-order chi connectivity index (χ0) is 14.1. The first kappa shape index (κ1) is 14.0. The van der Waals surface area contributed by atoms with Crippen LogP contribution in [0.15, 0.2) is 28.7 Å². The quantitative estimate of drug-likeness (QED) is 0.888. The number of benzene rings is 1. The van der Waals surface area contributed by atoms with Crippen LogP contribution in [-0.2, 0) is 13.1 Å². The number of nitrogens with zero attached hydrogens (tertiary/aromatic N) is 2. The van der Waals surface area contributed by atoms with Crippen LogP contribution >= 0.6 is 27.3 Å². The molecule has 0 spiro atoms. The summed E-state index contributed by atoms with van der Waals surface area (Å²) < 4.78 is 1.11. The monoisotopic (exact) mass is 351 g/mol. The van der Waals surface area contributed by atoms with E-state index in [1.807, 2.05) is 0 Å². The van der Waals surface area contributed by atoms with E-state index in [1.54, 1.807) is 11.3 Å². The molecule has 20 heavy (non-hydrogen) atoms. The fourth-order valence-electron chi connectivity index (χ4n) is 2.27. The van der Waals surface area contributed by atoms with Gasteiger partial charge in [0.2, 0.25) is 0 Å². The highest BCUT2D eigenvalue weighted by Gasteiger charge is 2.29. The van der Waals surface area contributed by atoms with Gasteiger partial charge in [-0.15, -0.1) is 11.3 Å². The van der Waals surface area contributed by atoms with E-state index < -0.39 is 0 Å². The van der Waals surface area contributed by atoms with Gasteiger partial charge >= 0.3 is 0 Å². The molecule has 3 rings (SSSR count). The fourth-order valence-corrected chi connectivity index (χ4v) is 3.52. The standard InChI is InChI=1S/C15H18BrN3S/c1-19(9-10-2-6-12(16)7-3-10)15-18-14(11-4-5-11)13(8-17)20-15/h2-3,6-7,11H,4-5,8-9,17H2,1H3. The van der Waals surface area contributed by atoms with E-state index in [4.69, 9.17) is 10.7 Å². The molecule has 1 aromatic heterocycles. The number of rotatable bonds is 5. The second-order valence-corrected chi connectivity index (χ2v) is 7.24. The highest BCUT2D eigenvalue weighted by atomic mass is 79.9. The lowest BCUT2D eigenvalue weighted by Gasteiger charge is -2.15. The lowest BCUT2D eigenvalue weighted by Crippen LogP contribution is -2.16. The highest BCUT2D eigenvalue weighted by Crippen LogP contribution is 2.44. The number of anilines is 1. The number of hydrogen-bond acceptors (Lipinski definition) is 4. The van der Waals surface area contributed by atoms with Gasteiger partial charge in [0.25, 0.3) is 0 Å². The van der Waals surface area contributed by atoms with Crippen LogP contribution in [0.1, 0.15) is 34.9 Å². The lowest BCUT2D eigenvalue weighted by molar-refractivity contribution is 0.897. The Morgan fingerprint density at radius 3 is 2.65 bits per heavy atom. The van der Waals surface area contributed by atoms with Crippen molar-refractivity contribution in [1.29, 1.82) is 0 Å². The Morgan fingerprint density at radius 2 is 2.05 bits per heavy atom. The number of aromatic nitrogens is 1. The summed E-state index contributed by atoms with van der Waals surface area (Å²) in [6, 6.07) is 8.43. The number of nitrogens with two attached hydrogens (primary N) is 1. The van der Waals surface area contributed by atoms with Crippen molar-refractivity contribution in [3.63, 3.8) is 0 Å². The Hall–Kier alpha value is -0.910. The molecule has 0 bridgehead atoms. The average molecular weight is 352 g/mol. The van der Waals surface area contributed by atoms with E-state index in [0.29, 0.717) is 12.5 Å². The third-order valence-electron chi connectivity index (χ3n) is 3.53. The van der Waals surface area contributed by atoms with Gasteiger partial charge in [-0.2, -0.15) is 0 Å². The van der Waals surface area contributed by atoms with Crippen molar-refractivity contribution < 1.29 is 0 Å². The molecule has 1 heterocycles. The van der Waals surface area contributed by atoms with Gasteiger partial charge in [0.15, 0.2) is 5.13 Å². The van der Waals surface area contributed by atoms with Crippen molar-refractivity contribution in [2.24, 2.45) is 5.73 Å². The molecule has 1 aromatic carbocycles. The molecule has 106 valence electrons. The minimum absolute atomic E-state index is 0.607. The van der Waals surface area contributed by atoms with Crippen molar-refractivity contribution in [2.75, 3.05) is 11.9 Å². The van der Waals surface area contributed by atoms with Crippen molar-refractivity contribution in [2.45, 2.75) is 31.8 Å². The summed E-state index contributed by atoms with van der Waals surface area (Å²) in [4.78, 5) is 8.27. The molecule has 1 aliphatic rings. The van der Waals surface area contributed by atoms with Gasteiger partial charge in [-0.25, -0.2) is 4.98 Å². The smallest absolute Gasteiger partial charge is 0.185 e. The van der Waals surface area contributed by atoms with Gasteiger partial charge in [-0.3, -0.25) is 0 Å². The van der Waals surface area contributed by atoms with Gasteiger partial charge in [0.05, 0.1) is 5.69 Å². The molecule has 5 heteroatoms. The molecule has 0 saturated heterocycles. The maximum atomic E-state index is 5.85. The Kier molecular flexibility index (Phi) is 4.10. The maximum absolute atomic E-state index is 5.85. The summed E-state index contributed by atoms with van der Waals surface area (Å²) >= 11 is 5.20. The Morgan fingerprint density at radius 1 is 1.35 bits per heavy atom. The van der Waals surface area contributed by atoms with Crippen molar-refractivity contribution in [3.8, 4) is 0 Å². The second-order valence-electron chi connectivity index (χ2n) is 5.27. The van der Waals surface area contributed by atoms with Crippen LogP contribution in [0.2, 0.25) is 0 Å². The van der Waals surface area contributed by atoms with E-state index in [9.17, 15) is 0 Å². The summed E-state index contributed by atoms with van der Waals surface area (Å²) in [6.07, 6.45) is 2.54. The largest absolute Gasteiger partial charge is 0.347 e. The normalized spacial score (nSPS) is 14.6. The minimum atomic E-state index is 0.607. The van der Waals surface area contributed by atoms with E-state index in [1.165, 1.54) is 29.0 Å². The minimum Gasteiger partial charge on any atom is -0.347 e. The molecule has 1 fully saturated rings. The van der Waals surface area contributed by atoms with Crippen LogP contribution in [0.4, 0.5) is 5.13 Å². The lowest BCUT2D eigenvalue weighted by atomic mass is 10.2. The van der Waals surface area contributed by atoms with E-state index in [0.717, 1.165) is 16.1 Å². The van der Waals surface area contributed by atoms with Gasteiger partial charge in [-0.05, 0) is 30.5 Å².